The normalized spacial score (nSPS) is 11.7. The van der Waals surface area contributed by atoms with Gasteiger partial charge in [0.2, 0.25) is 5.91 Å². The van der Waals surface area contributed by atoms with Crippen molar-refractivity contribution in [1.82, 2.24) is 0 Å². The number of methoxy groups -OCH3 is 1. The molecule has 2 rings (SSSR count). The van der Waals surface area contributed by atoms with Crippen LogP contribution in [0.1, 0.15) is 12.2 Å². The number of ether oxygens (including phenoxy) is 1. The number of quaternary nitrogens is 1. The van der Waals surface area contributed by atoms with Crippen molar-refractivity contribution in [1.29, 1.82) is 0 Å². The second-order valence-corrected chi connectivity index (χ2v) is 4.93. The van der Waals surface area contributed by atoms with Crippen LogP contribution in [0.4, 0.5) is 5.69 Å². The zero-order valence-corrected chi connectivity index (χ0v) is 12.7. The number of amides is 1. The van der Waals surface area contributed by atoms with Gasteiger partial charge in [-0.25, -0.2) is 0 Å². The monoisotopic (exact) mass is 318 g/mol. The predicted octanol–water partition coefficient (Wildman–Crippen LogP) is -0.501. The summed E-state index contributed by atoms with van der Waals surface area (Å²) in [6.45, 7) is 0.318. The third kappa shape index (κ3) is 5.15. The number of carbonyl (C=O) groups excluding carboxylic acids is 2. The Bertz CT molecular complexity index is 654. The van der Waals surface area contributed by atoms with Crippen LogP contribution in [0.3, 0.4) is 0 Å². The second-order valence-electron chi connectivity index (χ2n) is 4.93. The van der Waals surface area contributed by atoms with Crippen LogP contribution in [-0.2, 0) is 16.1 Å². The average molecular weight is 318 g/mol. The molecule has 0 aliphatic rings. The van der Waals surface area contributed by atoms with E-state index in [1.165, 1.54) is 18.7 Å². The van der Waals surface area contributed by atoms with E-state index in [2.05, 4.69) is 5.32 Å². The fraction of sp³-hybridized carbons (Fsp3) is 0.250. The van der Waals surface area contributed by atoms with Gasteiger partial charge in [0, 0.05) is 11.8 Å². The Labute approximate surface area is 133 Å². The molecule has 0 radical (unpaired) electrons. The molecule has 7 nitrogen and oxygen atoms in total. The first-order valence-corrected chi connectivity index (χ1v) is 7.09. The van der Waals surface area contributed by atoms with E-state index in [0.717, 1.165) is 0 Å². The van der Waals surface area contributed by atoms with Crippen LogP contribution in [0, 0.1) is 0 Å². The van der Waals surface area contributed by atoms with E-state index in [1.807, 2.05) is 0 Å². The highest BCUT2D eigenvalue weighted by atomic mass is 16.5. The first kappa shape index (κ1) is 16.6. The van der Waals surface area contributed by atoms with Crippen LogP contribution in [0.2, 0.25) is 0 Å². The summed E-state index contributed by atoms with van der Waals surface area (Å²) >= 11 is 0. The molecule has 1 atom stereocenters. The van der Waals surface area contributed by atoms with E-state index >= 15 is 0 Å². The Morgan fingerprint density at radius 2 is 2.17 bits per heavy atom. The summed E-state index contributed by atoms with van der Waals surface area (Å²) in [6.07, 6.45) is 1.30. The van der Waals surface area contributed by atoms with Crippen molar-refractivity contribution >= 4 is 17.6 Å². The zero-order chi connectivity index (χ0) is 16.7. The molecule has 0 spiro atoms. The Balaban J connectivity index is 1.90. The fourth-order valence-electron chi connectivity index (χ4n) is 2.06. The number of furan rings is 1. The molecule has 0 aliphatic heterocycles. The molecule has 122 valence electrons. The first-order valence-electron chi connectivity index (χ1n) is 7.09. The van der Waals surface area contributed by atoms with Crippen LogP contribution in [0.5, 0.6) is 5.75 Å². The van der Waals surface area contributed by atoms with Crippen LogP contribution in [0.25, 0.3) is 0 Å². The zero-order valence-electron chi connectivity index (χ0n) is 12.7. The molecule has 0 bridgehead atoms. The van der Waals surface area contributed by atoms with Gasteiger partial charge >= 0.3 is 0 Å². The molecule has 1 amide bonds. The summed E-state index contributed by atoms with van der Waals surface area (Å²) in [6, 6.07) is 9.28. The number of aliphatic carboxylic acids is 1. The van der Waals surface area contributed by atoms with Crippen molar-refractivity contribution < 1.29 is 29.2 Å². The van der Waals surface area contributed by atoms with E-state index in [0.29, 0.717) is 23.7 Å². The molecule has 0 saturated heterocycles. The molecule has 3 N–H and O–H groups in total. The highest BCUT2D eigenvalue weighted by molar-refractivity contribution is 5.93. The second kappa shape index (κ2) is 8.00. The number of rotatable bonds is 8. The number of benzene rings is 1. The van der Waals surface area contributed by atoms with Gasteiger partial charge in [0.05, 0.1) is 25.8 Å². The highest BCUT2D eigenvalue weighted by Crippen LogP contribution is 2.16. The van der Waals surface area contributed by atoms with Gasteiger partial charge in [-0.15, -0.1) is 0 Å². The van der Waals surface area contributed by atoms with Gasteiger partial charge in [-0.3, -0.25) is 4.79 Å². The summed E-state index contributed by atoms with van der Waals surface area (Å²) < 4.78 is 10.2. The molecule has 7 heteroatoms. The molecular weight excluding hydrogens is 300 g/mol. The minimum Gasteiger partial charge on any atom is -0.544 e. The fourth-order valence-corrected chi connectivity index (χ4v) is 2.06. The molecule has 2 aromatic rings. The lowest BCUT2D eigenvalue weighted by atomic mass is 10.2. The van der Waals surface area contributed by atoms with Crippen molar-refractivity contribution in [2.75, 3.05) is 12.4 Å². The van der Waals surface area contributed by atoms with Gasteiger partial charge in [-0.05, 0) is 24.3 Å². The maximum Gasteiger partial charge on any atom is 0.230 e. The summed E-state index contributed by atoms with van der Waals surface area (Å²) in [5.41, 5.74) is 0.539. The van der Waals surface area contributed by atoms with E-state index in [9.17, 15) is 14.7 Å². The molecule has 1 aromatic heterocycles. The molecule has 23 heavy (non-hydrogen) atoms. The van der Waals surface area contributed by atoms with Crippen LogP contribution >= 0.6 is 0 Å². The van der Waals surface area contributed by atoms with E-state index in [4.69, 9.17) is 9.15 Å². The maximum absolute atomic E-state index is 12.0. The summed E-state index contributed by atoms with van der Waals surface area (Å²) in [7, 11) is 1.52. The van der Waals surface area contributed by atoms with Crippen molar-refractivity contribution in [2.45, 2.75) is 19.0 Å². The molecule has 0 fully saturated rings. The average Bonchev–Trinajstić information content (AvgIpc) is 3.04. The van der Waals surface area contributed by atoms with E-state index < -0.39 is 17.9 Å². The van der Waals surface area contributed by atoms with Crippen molar-refractivity contribution in [3.8, 4) is 5.75 Å². The number of hydrogen-bond donors (Lipinski definition) is 2. The standard InChI is InChI=1S/C16H18N2O5/c1-22-12-5-2-4-11(8-12)18-15(19)9-14(16(20)21)17-10-13-6-3-7-23-13/h2-8,14,17H,9-10H2,1H3,(H,18,19)(H,20,21)/t14-/m0/s1. The maximum atomic E-state index is 12.0. The molecule has 0 aliphatic carbocycles. The quantitative estimate of drug-likeness (QED) is 0.682. The number of nitrogens with one attached hydrogen (secondary N) is 1. The SMILES string of the molecule is COc1cccc(NC(=O)C[C@H]([NH2+]Cc2ccco2)C(=O)[O-])c1. The van der Waals surface area contributed by atoms with E-state index in [-0.39, 0.29) is 6.42 Å². The largest absolute Gasteiger partial charge is 0.544 e. The molecule has 1 heterocycles. The van der Waals surface area contributed by atoms with Gasteiger partial charge < -0.3 is 29.7 Å². The summed E-state index contributed by atoms with van der Waals surface area (Å²) in [4.78, 5) is 23.2. The topological polar surface area (TPSA) is 108 Å². The minimum absolute atomic E-state index is 0.208. The van der Waals surface area contributed by atoms with Gasteiger partial charge in [-0.1, -0.05) is 6.07 Å². The number of hydrogen-bond acceptors (Lipinski definition) is 5. The Hall–Kier alpha value is -2.80. The van der Waals surface area contributed by atoms with Gasteiger partial charge in [0.25, 0.3) is 0 Å². The first-order chi connectivity index (χ1) is 11.1. The van der Waals surface area contributed by atoms with Crippen molar-refractivity contribution in [3.63, 3.8) is 0 Å². The third-order valence-corrected chi connectivity index (χ3v) is 3.25. The van der Waals surface area contributed by atoms with E-state index in [1.54, 1.807) is 36.4 Å². The Morgan fingerprint density at radius 1 is 1.35 bits per heavy atom. The van der Waals surface area contributed by atoms with Gasteiger partial charge in [0.1, 0.15) is 18.3 Å². The molecule has 0 saturated carbocycles. The molecule has 1 aromatic carbocycles. The van der Waals surface area contributed by atoms with Crippen molar-refractivity contribution in [2.24, 2.45) is 0 Å². The molecular formula is C16H18N2O5. The minimum atomic E-state index is -1.29. The van der Waals surface area contributed by atoms with Crippen LogP contribution in [0.15, 0.2) is 47.1 Å². The lowest BCUT2D eigenvalue weighted by molar-refractivity contribution is -0.698. The number of carbonyl (C=O) groups is 2. The summed E-state index contributed by atoms with van der Waals surface area (Å²) in [5.74, 6) is -0.478. The number of nitrogens with two attached hydrogens (primary N) is 1. The molecule has 0 unspecified atom stereocenters. The Morgan fingerprint density at radius 3 is 2.83 bits per heavy atom. The predicted molar refractivity (Wildman–Crippen MR) is 79.4 cm³/mol. The van der Waals surface area contributed by atoms with Crippen LogP contribution < -0.4 is 20.5 Å². The van der Waals surface area contributed by atoms with Gasteiger partial charge in [0.15, 0.2) is 5.76 Å². The highest BCUT2D eigenvalue weighted by Gasteiger charge is 2.19. The number of anilines is 1. The third-order valence-electron chi connectivity index (χ3n) is 3.25. The lowest BCUT2D eigenvalue weighted by Crippen LogP contribution is -2.92. The lowest BCUT2D eigenvalue weighted by Gasteiger charge is -2.16. The summed E-state index contributed by atoms with van der Waals surface area (Å²) in [5, 5.41) is 15.3. The Kier molecular flexibility index (Phi) is 5.76. The number of carboxylic acid groups (broad SMARTS) is 1. The number of carboxylic acids is 1. The van der Waals surface area contributed by atoms with Crippen LogP contribution in [-0.4, -0.2) is 25.0 Å². The van der Waals surface area contributed by atoms with Gasteiger partial charge in [-0.2, -0.15) is 0 Å². The smallest absolute Gasteiger partial charge is 0.230 e. The van der Waals surface area contributed by atoms with Crippen molar-refractivity contribution in [3.05, 3.63) is 48.4 Å².